The lowest BCUT2D eigenvalue weighted by Crippen LogP contribution is -2.21. The maximum absolute atomic E-state index is 13.6. The van der Waals surface area contributed by atoms with Gasteiger partial charge in [0.1, 0.15) is 5.82 Å². The standard InChI is InChI=1S/C16H14FNO2S/c1-12-7-9-14(10-8-12)21(19,20)16(18-2)11-13-5-3-4-6-15(13)17/h3-10,16H,11H2,1H3. The Morgan fingerprint density at radius 2 is 1.76 bits per heavy atom. The van der Waals surface area contributed by atoms with Gasteiger partial charge in [-0.15, -0.1) is 0 Å². The van der Waals surface area contributed by atoms with E-state index in [0.29, 0.717) is 0 Å². The molecule has 0 saturated carbocycles. The van der Waals surface area contributed by atoms with E-state index in [1.54, 1.807) is 18.2 Å². The second-order valence-electron chi connectivity index (χ2n) is 4.74. The first-order valence-electron chi connectivity index (χ1n) is 6.35. The number of rotatable bonds is 4. The van der Waals surface area contributed by atoms with Crippen molar-refractivity contribution in [1.82, 2.24) is 0 Å². The van der Waals surface area contributed by atoms with Crippen LogP contribution in [-0.4, -0.2) is 13.8 Å². The van der Waals surface area contributed by atoms with Gasteiger partial charge in [-0.2, -0.15) is 0 Å². The third-order valence-corrected chi connectivity index (χ3v) is 5.12. The summed E-state index contributed by atoms with van der Waals surface area (Å²) in [5, 5.41) is -1.32. The molecular formula is C16H14FNO2S. The van der Waals surface area contributed by atoms with Crippen molar-refractivity contribution in [3.05, 3.63) is 76.9 Å². The number of hydrogen-bond acceptors (Lipinski definition) is 2. The van der Waals surface area contributed by atoms with E-state index in [4.69, 9.17) is 6.57 Å². The van der Waals surface area contributed by atoms with Crippen LogP contribution in [0.4, 0.5) is 4.39 Å². The Labute approximate surface area is 123 Å². The van der Waals surface area contributed by atoms with Gasteiger partial charge in [0.2, 0.25) is 0 Å². The van der Waals surface area contributed by atoms with Gasteiger partial charge in [0.05, 0.1) is 11.3 Å². The normalized spacial score (nSPS) is 12.6. The predicted octanol–water partition coefficient (Wildman–Crippen LogP) is 3.40. The minimum absolute atomic E-state index is 0.0884. The third-order valence-electron chi connectivity index (χ3n) is 3.20. The summed E-state index contributed by atoms with van der Waals surface area (Å²) in [5.41, 5.74) is 1.16. The molecular weight excluding hydrogens is 289 g/mol. The van der Waals surface area contributed by atoms with E-state index in [0.717, 1.165) is 5.56 Å². The molecule has 108 valence electrons. The van der Waals surface area contributed by atoms with Crippen LogP contribution in [0.25, 0.3) is 4.85 Å². The van der Waals surface area contributed by atoms with Crippen molar-refractivity contribution in [3.63, 3.8) is 0 Å². The molecule has 1 atom stereocenters. The summed E-state index contributed by atoms with van der Waals surface area (Å²) in [5.74, 6) is -0.495. The number of halogens is 1. The lowest BCUT2D eigenvalue weighted by atomic mass is 10.1. The average molecular weight is 303 g/mol. The quantitative estimate of drug-likeness (QED) is 0.812. The molecule has 0 aliphatic carbocycles. The number of aryl methyl sites for hydroxylation is 1. The molecule has 5 heteroatoms. The summed E-state index contributed by atoms with van der Waals surface area (Å²) < 4.78 is 38.5. The monoisotopic (exact) mass is 303 g/mol. The van der Waals surface area contributed by atoms with Gasteiger partial charge in [-0.1, -0.05) is 35.9 Å². The van der Waals surface area contributed by atoms with Crippen molar-refractivity contribution in [2.75, 3.05) is 0 Å². The van der Waals surface area contributed by atoms with Gasteiger partial charge in [-0.25, -0.2) is 19.4 Å². The average Bonchev–Trinajstić information content (AvgIpc) is 2.46. The predicted molar refractivity (Wildman–Crippen MR) is 78.9 cm³/mol. The number of hydrogen-bond donors (Lipinski definition) is 0. The van der Waals surface area contributed by atoms with Gasteiger partial charge in [-0.3, -0.25) is 4.85 Å². The molecule has 0 aliphatic heterocycles. The molecule has 0 fully saturated rings. The molecule has 2 rings (SSSR count). The molecule has 2 aromatic carbocycles. The minimum atomic E-state index is -3.80. The fourth-order valence-corrected chi connectivity index (χ4v) is 3.33. The fourth-order valence-electron chi connectivity index (χ4n) is 1.96. The van der Waals surface area contributed by atoms with Crippen LogP contribution in [0.3, 0.4) is 0 Å². The zero-order valence-corrected chi connectivity index (χ0v) is 12.3. The van der Waals surface area contributed by atoms with Crippen molar-refractivity contribution >= 4 is 9.84 Å². The molecule has 3 nitrogen and oxygen atoms in total. The Morgan fingerprint density at radius 3 is 2.33 bits per heavy atom. The highest BCUT2D eigenvalue weighted by Gasteiger charge is 2.33. The second-order valence-corrected chi connectivity index (χ2v) is 6.84. The van der Waals surface area contributed by atoms with Crippen molar-refractivity contribution in [3.8, 4) is 0 Å². The zero-order chi connectivity index (χ0) is 15.5. The van der Waals surface area contributed by atoms with Gasteiger partial charge in [0.25, 0.3) is 9.84 Å². The number of benzene rings is 2. The summed E-state index contributed by atoms with van der Waals surface area (Å²) in [6, 6.07) is 12.2. The van der Waals surface area contributed by atoms with Crippen LogP contribution in [0.1, 0.15) is 11.1 Å². The largest absolute Gasteiger partial charge is 0.329 e. The first-order valence-corrected chi connectivity index (χ1v) is 7.90. The molecule has 0 heterocycles. The molecule has 21 heavy (non-hydrogen) atoms. The van der Waals surface area contributed by atoms with Crippen LogP contribution in [-0.2, 0) is 16.3 Å². The maximum atomic E-state index is 13.6. The molecule has 2 aromatic rings. The first kappa shape index (κ1) is 15.2. The zero-order valence-electron chi connectivity index (χ0n) is 11.5. The van der Waals surface area contributed by atoms with E-state index in [1.807, 2.05) is 6.92 Å². The second kappa shape index (κ2) is 6.06. The SMILES string of the molecule is [C-]#[N+]C(Cc1ccccc1F)S(=O)(=O)c1ccc(C)cc1. The topological polar surface area (TPSA) is 38.5 Å². The highest BCUT2D eigenvalue weighted by atomic mass is 32.2. The van der Waals surface area contributed by atoms with E-state index in [1.165, 1.54) is 30.3 Å². The summed E-state index contributed by atoms with van der Waals surface area (Å²) in [6.07, 6.45) is -0.160. The highest BCUT2D eigenvalue weighted by molar-refractivity contribution is 7.92. The Balaban J connectivity index is 2.35. The Hall–Kier alpha value is -2.19. The van der Waals surface area contributed by atoms with Crippen LogP contribution in [0.2, 0.25) is 0 Å². The molecule has 0 N–H and O–H groups in total. The third kappa shape index (κ3) is 3.29. The van der Waals surface area contributed by atoms with E-state index < -0.39 is 21.0 Å². The molecule has 1 unspecified atom stereocenters. The molecule has 0 aliphatic rings. The highest BCUT2D eigenvalue weighted by Crippen LogP contribution is 2.22. The molecule has 0 saturated heterocycles. The van der Waals surface area contributed by atoms with E-state index in [9.17, 15) is 12.8 Å². The minimum Gasteiger partial charge on any atom is -0.296 e. The molecule has 0 amide bonds. The van der Waals surface area contributed by atoms with Gasteiger partial charge in [-0.05, 0) is 30.7 Å². The van der Waals surface area contributed by atoms with Crippen molar-refractivity contribution in [1.29, 1.82) is 0 Å². The summed E-state index contributed by atoms with van der Waals surface area (Å²) in [6.45, 7) is 9.00. The van der Waals surface area contributed by atoms with Crippen LogP contribution in [0, 0.1) is 19.3 Å². The summed E-state index contributed by atoms with van der Waals surface area (Å²) >= 11 is 0. The Morgan fingerprint density at radius 1 is 1.14 bits per heavy atom. The van der Waals surface area contributed by atoms with Gasteiger partial charge in [0, 0.05) is 0 Å². The Bertz CT molecular complexity index is 777. The summed E-state index contributed by atoms with van der Waals surface area (Å²) in [7, 11) is -3.80. The fraction of sp³-hybridized carbons (Fsp3) is 0.188. The smallest absolute Gasteiger partial charge is 0.296 e. The van der Waals surface area contributed by atoms with Crippen molar-refractivity contribution in [2.45, 2.75) is 23.6 Å². The van der Waals surface area contributed by atoms with Crippen LogP contribution in [0.15, 0.2) is 53.4 Å². The Kier molecular flexibility index (Phi) is 4.39. The van der Waals surface area contributed by atoms with Gasteiger partial charge in [0.15, 0.2) is 0 Å². The molecule has 0 spiro atoms. The number of nitrogens with zero attached hydrogens (tertiary/aromatic N) is 1. The van der Waals surface area contributed by atoms with Crippen LogP contribution in [0.5, 0.6) is 0 Å². The van der Waals surface area contributed by atoms with Gasteiger partial charge >= 0.3 is 5.37 Å². The molecule has 0 radical (unpaired) electrons. The maximum Gasteiger partial charge on any atom is 0.329 e. The van der Waals surface area contributed by atoms with E-state index >= 15 is 0 Å². The summed E-state index contributed by atoms with van der Waals surface area (Å²) in [4.78, 5) is 3.28. The van der Waals surface area contributed by atoms with Crippen molar-refractivity contribution in [2.24, 2.45) is 0 Å². The van der Waals surface area contributed by atoms with Crippen LogP contribution < -0.4 is 0 Å². The van der Waals surface area contributed by atoms with Crippen molar-refractivity contribution < 1.29 is 12.8 Å². The molecule has 0 aromatic heterocycles. The van der Waals surface area contributed by atoms with E-state index in [2.05, 4.69) is 4.85 Å². The van der Waals surface area contributed by atoms with E-state index in [-0.39, 0.29) is 16.9 Å². The van der Waals surface area contributed by atoms with Crippen LogP contribution >= 0.6 is 0 Å². The molecule has 0 bridgehead atoms. The lowest BCUT2D eigenvalue weighted by molar-refractivity contribution is 0.581. The number of sulfone groups is 1. The lowest BCUT2D eigenvalue weighted by Gasteiger charge is -2.09. The first-order chi connectivity index (χ1) is 9.95. The van der Waals surface area contributed by atoms with Gasteiger partial charge < -0.3 is 0 Å².